The lowest BCUT2D eigenvalue weighted by Crippen LogP contribution is -2.18. The molecule has 14 heavy (non-hydrogen) atoms. The van der Waals surface area contributed by atoms with Crippen molar-refractivity contribution in [1.29, 1.82) is 0 Å². The smallest absolute Gasteiger partial charge is 0.174 e. The zero-order valence-corrected chi connectivity index (χ0v) is 9.75. The number of hydrogen-bond acceptors (Lipinski definition) is 3. The highest BCUT2D eigenvalue weighted by Gasteiger charge is 2.07. The van der Waals surface area contributed by atoms with Gasteiger partial charge in [-0.15, -0.1) is 11.3 Å². The molecule has 0 aliphatic rings. The van der Waals surface area contributed by atoms with E-state index in [0.29, 0.717) is 11.4 Å². The normalized spacial score (nSPS) is 10.4. The molecule has 1 aromatic rings. The minimum atomic E-state index is 0.172. The molecule has 0 aliphatic carbocycles. The number of rotatable bonds is 6. The molecule has 0 atom stereocenters. The molecule has 0 unspecified atom stereocenters. The van der Waals surface area contributed by atoms with Gasteiger partial charge in [0.25, 0.3) is 0 Å². The van der Waals surface area contributed by atoms with Crippen LogP contribution in [0.25, 0.3) is 0 Å². The summed E-state index contributed by atoms with van der Waals surface area (Å²) in [5, 5.41) is 5.63. The molecule has 0 saturated carbocycles. The average Bonchev–Trinajstić information content (AvgIpc) is 2.59. The van der Waals surface area contributed by atoms with Gasteiger partial charge in [0, 0.05) is 18.3 Å². The highest BCUT2D eigenvalue weighted by molar-refractivity contribution is 7.12. The van der Waals surface area contributed by atoms with Crippen molar-refractivity contribution in [3.05, 3.63) is 21.3 Å². The van der Waals surface area contributed by atoms with Gasteiger partial charge in [0.2, 0.25) is 0 Å². The summed E-state index contributed by atoms with van der Waals surface area (Å²) in [7, 11) is 0. The van der Waals surface area contributed by atoms with Crippen LogP contribution >= 0.6 is 22.9 Å². The maximum atomic E-state index is 11.5. The van der Waals surface area contributed by atoms with Crippen molar-refractivity contribution in [1.82, 2.24) is 5.32 Å². The molecule has 1 heterocycles. The third kappa shape index (κ3) is 3.78. The number of thiophene rings is 1. The Labute approximate surface area is 93.3 Å². The lowest BCUT2D eigenvalue weighted by molar-refractivity contribution is 0.0986. The van der Waals surface area contributed by atoms with E-state index >= 15 is 0 Å². The molecule has 1 aromatic heterocycles. The molecule has 78 valence electrons. The largest absolute Gasteiger partial charge is 0.316 e. The molecule has 1 N–H and O–H groups in total. The maximum Gasteiger partial charge on any atom is 0.174 e. The summed E-state index contributed by atoms with van der Waals surface area (Å²) in [4.78, 5) is 12.3. The van der Waals surface area contributed by atoms with Gasteiger partial charge in [-0.3, -0.25) is 4.79 Å². The number of hydrogen-bond donors (Lipinski definition) is 1. The first-order valence-corrected chi connectivity index (χ1v) is 5.97. The van der Waals surface area contributed by atoms with Crippen LogP contribution in [0.5, 0.6) is 0 Å². The van der Waals surface area contributed by atoms with Crippen LogP contribution in [-0.2, 0) is 0 Å². The fourth-order valence-corrected chi connectivity index (χ4v) is 2.13. The number of carbonyl (C=O) groups excluding carboxylic acids is 1. The van der Waals surface area contributed by atoms with E-state index in [1.807, 2.05) is 0 Å². The molecular weight excluding hydrogens is 218 g/mol. The van der Waals surface area contributed by atoms with Gasteiger partial charge >= 0.3 is 0 Å². The number of ketones is 1. The average molecular weight is 232 g/mol. The second-order valence-electron chi connectivity index (χ2n) is 3.05. The van der Waals surface area contributed by atoms with Crippen molar-refractivity contribution in [2.24, 2.45) is 0 Å². The monoisotopic (exact) mass is 231 g/mol. The number of Topliss-reactive ketones (excluding diaryl/α,β-unsaturated/α-hetero) is 1. The highest BCUT2D eigenvalue weighted by Crippen LogP contribution is 2.20. The fourth-order valence-electron chi connectivity index (χ4n) is 1.09. The molecule has 0 spiro atoms. The Morgan fingerprint density at radius 1 is 1.57 bits per heavy atom. The van der Waals surface area contributed by atoms with Crippen LogP contribution in [0.15, 0.2) is 11.4 Å². The molecule has 0 aliphatic heterocycles. The van der Waals surface area contributed by atoms with Crippen LogP contribution in [0.4, 0.5) is 0 Å². The van der Waals surface area contributed by atoms with Gasteiger partial charge in [0.1, 0.15) is 0 Å². The second-order valence-corrected chi connectivity index (χ2v) is 4.40. The predicted octanol–water partition coefficient (Wildman–Crippen LogP) is 2.97. The summed E-state index contributed by atoms with van der Waals surface area (Å²) in [6.45, 7) is 3.83. The Hall–Kier alpha value is -0.380. The molecule has 0 amide bonds. The van der Waals surface area contributed by atoms with Gasteiger partial charge in [-0.2, -0.15) is 0 Å². The highest BCUT2D eigenvalue weighted by atomic mass is 35.5. The molecule has 0 fully saturated rings. The zero-order chi connectivity index (χ0) is 10.4. The Balaban J connectivity index is 2.29. The van der Waals surface area contributed by atoms with E-state index in [2.05, 4.69) is 12.2 Å². The summed E-state index contributed by atoms with van der Waals surface area (Å²) in [6.07, 6.45) is 1.65. The number of nitrogens with one attached hydrogen (secondary N) is 1. The van der Waals surface area contributed by atoms with Gasteiger partial charge < -0.3 is 5.32 Å². The van der Waals surface area contributed by atoms with Crippen molar-refractivity contribution < 1.29 is 4.79 Å². The number of carbonyl (C=O) groups is 1. The van der Waals surface area contributed by atoms with E-state index in [1.165, 1.54) is 11.3 Å². The van der Waals surface area contributed by atoms with Crippen molar-refractivity contribution in [3.8, 4) is 0 Å². The van der Waals surface area contributed by atoms with E-state index in [0.717, 1.165) is 24.4 Å². The van der Waals surface area contributed by atoms with Crippen LogP contribution in [0.2, 0.25) is 5.02 Å². The summed E-state index contributed by atoms with van der Waals surface area (Å²) in [6, 6.07) is 1.73. The van der Waals surface area contributed by atoms with Gasteiger partial charge in [-0.05, 0) is 19.0 Å². The Kier molecular flexibility index (Phi) is 5.15. The molecule has 2 nitrogen and oxygen atoms in total. The Bertz CT molecular complexity index is 298. The molecule has 0 saturated heterocycles. The van der Waals surface area contributed by atoms with Crippen molar-refractivity contribution in [2.75, 3.05) is 13.1 Å². The van der Waals surface area contributed by atoms with Gasteiger partial charge in [-0.25, -0.2) is 0 Å². The third-order valence-corrected chi connectivity index (χ3v) is 3.12. The van der Waals surface area contributed by atoms with Crippen molar-refractivity contribution in [3.63, 3.8) is 0 Å². The Morgan fingerprint density at radius 3 is 2.93 bits per heavy atom. The topological polar surface area (TPSA) is 29.1 Å². The first-order chi connectivity index (χ1) is 6.74. The minimum Gasteiger partial charge on any atom is -0.316 e. The summed E-state index contributed by atoms with van der Waals surface area (Å²) >= 11 is 7.14. The fraction of sp³-hybridized carbons (Fsp3) is 0.500. The van der Waals surface area contributed by atoms with Gasteiger partial charge in [-0.1, -0.05) is 18.5 Å². The molecule has 1 rings (SSSR count). The first-order valence-electron chi connectivity index (χ1n) is 4.72. The Morgan fingerprint density at radius 2 is 2.36 bits per heavy atom. The lowest BCUT2D eigenvalue weighted by Gasteiger charge is -2.00. The number of halogens is 1. The van der Waals surface area contributed by atoms with Crippen LogP contribution in [0, 0.1) is 0 Å². The van der Waals surface area contributed by atoms with E-state index in [9.17, 15) is 4.79 Å². The van der Waals surface area contributed by atoms with E-state index in [-0.39, 0.29) is 5.78 Å². The summed E-state index contributed by atoms with van der Waals surface area (Å²) in [5.74, 6) is 0.172. The first kappa shape index (κ1) is 11.7. The summed E-state index contributed by atoms with van der Waals surface area (Å²) in [5.41, 5.74) is 0. The van der Waals surface area contributed by atoms with Crippen LogP contribution in [0.1, 0.15) is 29.4 Å². The second kappa shape index (κ2) is 6.17. The van der Waals surface area contributed by atoms with E-state index < -0.39 is 0 Å². The van der Waals surface area contributed by atoms with Crippen molar-refractivity contribution >= 4 is 28.7 Å². The molecule has 0 aromatic carbocycles. The zero-order valence-electron chi connectivity index (χ0n) is 8.18. The predicted molar refractivity (Wildman–Crippen MR) is 61.4 cm³/mol. The van der Waals surface area contributed by atoms with Gasteiger partial charge in [0.15, 0.2) is 5.78 Å². The SMILES string of the molecule is CCCNCCC(=O)c1cc(Cl)cs1. The molecule has 0 radical (unpaired) electrons. The molecular formula is C10H14ClNOS. The third-order valence-electron chi connectivity index (χ3n) is 1.80. The van der Waals surface area contributed by atoms with Crippen LogP contribution in [0.3, 0.4) is 0 Å². The van der Waals surface area contributed by atoms with Crippen LogP contribution < -0.4 is 5.32 Å². The van der Waals surface area contributed by atoms with Gasteiger partial charge in [0.05, 0.1) is 9.90 Å². The molecule has 0 bridgehead atoms. The molecule has 4 heteroatoms. The van der Waals surface area contributed by atoms with Crippen LogP contribution in [-0.4, -0.2) is 18.9 Å². The standard InChI is InChI=1S/C10H14ClNOS/c1-2-4-12-5-3-9(13)10-6-8(11)7-14-10/h6-7,12H,2-5H2,1H3. The van der Waals surface area contributed by atoms with E-state index in [4.69, 9.17) is 11.6 Å². The lowest BCUT2D eigenvalue weighted by atomic mass is 10.2. The van der Waals surface area contributed by atoms with Crippen molar-refractivity contribution in [2.45, 2.75) is 19.8 Å². The summed E-state index contributed by atoms with van der Waals surface area (Å²) < 4.78 is 0. The maximum absolute atomic E-state index is 11.5. The quantitative estimate of drug-likeness (QED) is 0.603. The van der Waals surface area contributed by atoms with E-state index in [1.54, 1.807) is 11.4 Å². The minimum absolute atomic E-state index is 0.172.